The quantitative estimate of drug-likeness (QED) is 0.523. The molecule has 0 aliphatic carbocycles. The monoisotopic (exact) mass is 486 g/mol. The van der Waals surface area contributed by atoms with Crippen molar-refractivity contribution >= 4 is 27.6 Å². The third-order valence-corrected chi connectivity index (χ3v) is 5.62. The number of esters is 1. The van der Waals surface area contributed by atoms with Crippen molar-refractivity contribution in [1.82, 2.24) is 4.72 Å². The molecule has 0 aliphatic rings. The fraction of sp³-hybridized carbons (Fsp3) is 0.333. The highest BCUT2D eigenvalue weighted by atomic mass is 32.2. The van der Waals surface area contributed by atoms with E-state index in [4.69, 9.17) is 9.47 Å². The molecule has 0 bridgehead atoms. The highest BCUT2D eigenvalue weighted by molar-refractivity contribution is 7.89. The van der Waals surface area contributed by atoms with Gasteiger partial charge in [-0.15, -0.1) is 0 Å². The predicted octanol–water partition coefficient (Wildman–Crippen LogP) is 3.17. The second kappa shape index (κ2) is 10.6. The molecule has 180 valence electrons. The molecule has 12 heteroatoms. The molecule has 0 atom stereocenters. The topological polar surface area (TPSA) is 120 Å². The Morgan fingerprint density at radius 3 is 2.33 bits per heavy atom. The number of rotatable bonds is 9. The molecule has 0 fully saturated rings. The van der Waals surface area contributed by atoms with Crippen molar-refractivity contribution in [2.75, 3.05) is 19.0 Å². The Balaban J connectivity index is 2.13. The van der Waals surface area contributed by atoms with E-state index in [9.17, 15) is 26.8 Å². The van der Waals surface area contributed by atoms with Crippen molar-refractivity contribution in [3.63, 3.8) is 0 Å². The highest BCUT2D eigenvalue weighted by Gasteiger charge is 2.27. The minimum atomic E-state index is -4.04. The molecule has 0 saturated heterocycles. The lowest BCUT2D eigenvalue weighted by Gasteiger charge is -2.21. The summed E-state index contributed by atoms with van der Waals surface area (Å²) in [6.07, 6.45) is 0. The standard InChI is InChI=1S/C21H24F2N2O7S/c1-21(2,3)25-33(28,29)17-11-13(9-10-16(17)30-4)19(27)31-12-18(26)24-14-7-5-6-8-15(14)32-20(22)23/h5-11,20,25H,12H2,1-4H3,(H,24,26). The van der Waals surface area contributed by atoms with Gasteiger partial charge in [0.05, 0.1) is 18.4 Å². The van der Waals surface area contributed by atoms with Crippen LogP contribution >= 0.6 is 0 Å². The number of alkyl halides is 2. The molecule has 2 aromatic carbocycles. The van der Waals surface area contributed by atoms with Gasteiger partial charge in [0, 0.05) is 5.54 Å². The molecular weight excluding hydrogens is 462 g/mol. The van der Waals surface area contributed by atoms with Crippen LogP contribution in [0.25, 0.3) is 0 Å². The number of amides is 1. The number of hydrogen-bond donors (Lipinski definition) is 2. The summed E-state index contributed by atoms with van der Waals surface area (Å²) in [6.45, 7) is 1.11. The predicted molar refractivity (Wildman–Crippen MR) is 115 cm³/mol. The molecule has 0 unspecified atom stereocenters. The molecule has 0 saturated carbocycles. The van der Waals surface area contributed by atoms with Gasteiger partial charge in [-0.2, -0.15) is 8.78 Å². The lowest BCUT2D eigenvalue weighted by molar-refractivity contribution is -0.119. The first-order chi connectivity index (χ1) is 15.3. The summed E-state index contributed by atoms with van der Waals surface area (Å²) in [5.41, 5.74) is -0.966. The van der Waals surface area contributed by atoms with Crippen LogP contribution in [0, 0.1) is 0 Å². The zero-order chi connectivity index (χ0) is 24.8. The van der Waals surface area contributed by atoms with Gasteiger partial charge in [0.15, 0.2) is 6.61 Å². The summed E-state index contributed by atoms with van der Waals surface area (Å²) in [4.78, 5) is 24.2. The second-order valence-electron chi connectivity index (χ2n) is 7.72. The summed E-state index contributed by atoms with van der Waals surface area (Å²) in [5.74, 6) is -2.04. The van der Waals surface area contributed by atoms with Crippen molar-refractivity contribution in [2.24, 2.45) is 0 Å². The van der Waals surface area contributed by atoms with E-state index < -0.39 is 40.7 Å². The normalized spacial score (nSPS) is 11.7. The van der Waals surface area contributed by atoms with Crippen LogP contribution in [-0.2, 0) is 19.6 Å². The number of benzene rings is 2. The van der Waals surface area contributed by atoms with Crippen LogP contribution in [0.1, 0.15) is 31.1 Å². The molecule has 2 aromatic rings. The number of halogens is 2. The largest absolute Gasteiger partial charge is 0.495 e. The molecule has 1 amide bonds. The SMILES string of the molecule is COc1ccc(C(=O)OCC(=O)Nc2ccccc2OC(F)F)cc1S(=O)(=O)NC(C)(C)C. The van der Waals surface area contributed by atoms with Crippen LogP contribution in [0.4, 0.5) is 14.5 Å². The zero-order valence-electron chi connectivity index (χ0n) is 18.3. The molecule has 2 N–H and O–H groups in total. The van der Waals surface area contributed by atoms with Crippen LogP contribution in [-0.4, -0.2) is 46.2 Å². The van der Waals surface area contributed by atoms with Gasteiger partial charge in [-0.1, -0.05) is 12.1 Å². The lowest BCUT2D eigenvalue weighted by Crippen LogP contribution is -2.40. The van der Waals surface area contributed by atoms with Gasteiger partial charge in [-0.3, -0.25) is 4.79 Å². The molecule has 0 aliphatic heterocycles. The summed E-state index contributed by atoms with van der Waals surface area (Å²) in [7, 11) is -2.76. The maximum atomic E-state index is 12.7. The average molecular weight is 486 g/mol. The van der Waals surface area contributed by atoms with Gasteiger partial charge in [-0.25, -0.2) is 17.9 Å². The second-order valence-corrected chi connectivity index (χ2v) is 9.37. The minimum absolute atomic E-state index is 0.0108. The molecule has 0 aromatic heterocycles. The van der Waals surface area contributed by atoms with E-state index in [-0.39, 0.29) is 27.6 Å². The number of methoxy groups -OCH3 is 1. The minimum Gasteiger partial charge on any atom is -0.495 e. The average Bonchev–Trinajstić information content (AvgIpc) is 2.71. The Kier molecular flexibility index (Phi) is 8.34. The van der Waals surface area contributed by atoms with E-state index in [2.05, 4.69) is 14.8 Å². The van der Waals surface area contributed by atoms with Crippen molar-refractivity contribution < 1.29 is 41.0 Å². The summed E-state index contributed by atoms with van der Waals surface area (Å²) in [6, 6.07) is 9.13. The van der Waals surface area contributed by atoms with Crippen LogP contribution in [0.3, 0.4) is 0 Å². The molecular formula is C21H24F2N2O7S. The Labute approximate surface area is 190 Å². The van der Waals surface area contributed by atoms with Gasteiger partial charge in [0.25, 0.3) is 5.91 Å². The number of nitrogens with one attached hydrogen (secondary N) is 2. The van der Waals surface area contributed by atoms with E-state index in [1.165, 1.54) is 43.5 Å². The summed E-state index contributed by atoms with van der Waals surface area (Å²) < 4.78 is 67.2. The fourth-order valence-electron chi connectivity index (χ4n) is 2.64. The summed E-state index contributed by atoms with van der Waals surface area (Å²) in [5, 5.41) is 2.30. The van der Waals surface area contributed by atoms with Gasteiger partial charge in [0.2, 0.25) is 10.0 Å². The number of ether oxygens (including phenoxy) is 3. The fourth-order valence-corrected chi connectivity index (χ4v) is 4.26. The van der Waals surface area contributed by atoms with E-state index >= 15 is 0 Å². The van der Waals surface area contributed by atoms with Gasteiger partial charge < -0.3 is 19.5 Å². The Morgan fingerprint density at radius 2 is 1.73 bits per heavy atom. The van der Waals surface area contributed by atoms with Crippen molar-refractivity contribution in [3.8, 4) is 11.5 Å². The maximum Gasteiger partial charge on any atom is 0.387 e. The number of anilines is 1. The van der Waals surface area contributed by atoms with Crippen molar-refractivity contribution in [3.05, 3.63) is 48.0 Å². The molecule has 2 rings (SSSR count). The number of para-hydroxylation sites is 2. The zero-order valence-corrected chi connectivity index (χ0v) is 19.2. The van der Waals surface area contributed by atoms with Crippen molar-refractivity contribution in [1.29, 1.82) is 0 Å². The van der Waals surface area contributed by atoms with Crippen molar-refractivity contribution in [2.45, 2.75) is 37.8 Å². The number of carbonyl (C=O) groups excluding carboxylic acids is 2. The Hall–Kier alpha value is -3.25. The highest BCUT2D eigenvalue weighted by Crippen LogP contribution is 2.27. The number of sulfonamides is 1. The van der Waals surface area contributed by atoms with Crippen LogP contribution in [0.5, 0.6) is 11.5 Å². The summed E-state index contributed by atoms with van der Waals surface area (Å²) >= 11 is 0. The van der Waals surface area contributed by atoms with Gasteiger partial charge in [-0.05, 0) is 51.1 Å². The molecule has 33 heavy (non-hydrogen) atoms. The molecule has 0 radical (unpaired) electrons. The van der Waals surface area contributed by atoms with E-state index in [1.54, 1.807) is 20.8 Å². The first-order valence-corrected chi connectivity index (χ1v) is 11.0. The molecule has 0 heterocycles. The molecule has 9 nitrogen and oxygen atoms in total. The Morgan fingerprint density at radius 1 is 1.06 bits per heavy atom. The molecule has 0 spiro atoms. The van der Waals surface area contributed by atoms with E-state index in [0.29, 0.717) is 0 Å². The first-order valence-electron chi connectivity index (χ1n) is 9.55. The Bertz CT molecular complexity index is 1120. The number of hydrogen-bond acceptors (Lipinski definition) is 7. The van der Waals surface area contributed by atoms with E-state index in [1.807, 2.05) is 0 Å². The van der Waals surface area contributed by atoms with Gasteiger partial charge in [0.1, 0.15) is 16.4 Å². The third kappa shape index (κ3) is 7.68. The van der Waals surface area contributed by atoms with Crippen LogP contribution in [0.2, 0.25) is 0 Å². The van der Waals surface area contributed by atoms with E-state index in [0.717, 1.165) is 6.07 Å². The smallest absolute Gasteiger partial charge is 0.387 e. The number of carbonyl (C=O) groups is 2. The first kappa shape index (κ1) is 26.0. The van der Waals surface area contributed by atoms with Gasteiger partial charge >= 0.3 is 12.6 Å². The lowest BCUT2D eigenvalue weighted by atomic mass is 10.1. The maximum absolute atomic E-state index is 12.7. The van der Waals surface area contributed by atoms with Crippen LogP contribution in [0.15, 0.2) is 47.4 Å². The third-order valence-electron chi connectivity index (χ3n) is 3.84. The van der Waals surface area contributed by atoms with Crippen LogP contribution < -0.4 is 19.5 Å².